The lowest BCUT2D eigenvalue weighted by molar-refractivity contribution is -0.142. The van der Waals surface area contributed by atoms with Gasteiger partial charge in [-0.3, -0.25) is 9.59 Å². The van der Waals surface area contributed by atoms with Crippen LogP contribution in [0.25, 0.3) is 0 Å². The number of amides is 2. The molecule has 8 nitrogen and oxygen atoms in total. The smallest absolute Gasteiger partial charge is 0.408 e. The van der Waals surface area contributed by atoms with Crippen LogP contribution in [-0.4, -0.2) is 55.7 Å². The van der Waals surface area contributed by atoms with E-state index in [2.05, 4.69) is 10.2 Å². The fourth-order valence-corrected chi connectivity index (χ4v) is 4.39. The summed E-state index contributed by atoms with van der Waals surface area (Å²) in [5.41, 5.74) is 3.51. The van der Waals surface area contributed by atoms with Gasteiger partial charge in [-0.25, -0.2) is 4.79 Å². The van der Waals surface area contributed by atoms with E-state index in [1.807, 2.05) is 84.9 Å². The van der Waals surface area contributed by atoms with Gasteiger partial charge in [0.05, 0.1) is 13.0 Å². The van der Waals surface area contributed by atoms with E-state index >= 15 is 0 Å². The SMILES string of the molecule is CCOC(=O)Cc1ccc(N2CCN(C(=O)[C@H](NC(=O)OCc3ccccc3)c3ccccc3)CC2)cc1. The molecular formula is C30H33N3O5. The van der Waals surface area contributed by atoms with E-state index in [1.165, 1.54) is 0 Å². The van der Waals surface area contributed by atoms with Crippen LogP contribution < -0.4 is 10.2 Å². The lowest BCUT2D eigenvalue weighted by Crippen LogP contribution is -2.52. The molecule has 3 aromatic rings. The van der Waals surface area contributed by atoms with E-state index in [9.17, 15) is 14.4 Å². The van der Waals surface area contributed by atoms with Crippen LogP contribution in [0.5, 0.6) is 0 Å². The van der Waals surface area contributed by atoms with Gasteiger partial charge in [-0.15, -0.1) is 0 Å². The number of anilines is 1. The highest BCUT2D eigenvalue weighted by Gasteiger charge is 2.30. The number of hydrogen-bond acceptors (Lipinski definition) is 6. The maximum atomic E-state index is 13.5. The van der Waals surface area contributed by atoms with E-state index < -0.39 is 12.1 Å². The molecule has 3 aromatic carbocycles. The molecule has 2 amide bonds. The number of alkyl carbamates (subject to hydrolysis) is 1. The van der Waals surface area contributed by atoms with Crippen LogP contribution in [-0.2, 0) is 32.1 Å². The lowest BCUT2D eigenvalue weighted by atomic mass is 10.1. The van der Waals surface area contributed by atoms with Crippen molar-refractivity contribution in [2.45, 2.75) is 26.0 Å². The minimum absolute atomic E-state index is 0.125. The highest BCUT2D eigenvalue weighted by atomic mass is 16.5. The van der Waals surface area contributed by atoms with Gasteiger partial charge in [0.15, 0.2) is 0 Å². The van der Waals surface area contributed by atoms with Gasteiger partial charge < -0.3 is 24.6 Å². The predicted octanol–water partition coefficient (Wildman–Crippen LogP) is 4.11. The molecule has 1 saturated heterocycles. The highest BCUT2D eigenvalue weighted by Crippen LogP contribution is 2.21. The molecule has 0 unspecified atom stereocenters. The van der Waals surface area contributed by atoms with Crippen LogP contribution in [0, 0.1) is 0 Å². The fraction of sp³-hybridized carbons (Fsp3) is 0.300. The Morgan fingerprint density at radius 1 is 0.789 bits per heavy atom. The molecule has 1 fully saturated rings. The highest BCUT2D eigenvalue weighted by molar-refractivity contribution is 5.87. The normalized spacial score (nSPS) is 13.9. The van der Waals surface area contributed by atoms with Crippen LogP contribution in [0.15, 0.2) is 84.9 Å². The largest absolute Gasteiger partial charge is 0.466 e. The van der Waals surface area contributed by atoms with E-state index in [-0.39, 0.29) is 24.9 Å². The molecular weight excluding hydrogens is 482 g/mol. The molecule has 8 heteroatoms. The average Bonchev–Trinajstić information content (AvgIpc) is 2.96. The maximum Gasteiger partial charge on any atom is 0.408 e. The van der Waals surface area contributed by atoms with E-state index in [0.717, 1.165) is 16.8 Å². The van der Waals surface area contributed by atoms with Crippen LogP contribution in [0.3, 0.4) is 0 Å². The quantitative estimate of drug-likeness (QED) is 0.432. The minimum Gasteiger partial charge on any atom is -0.466 e. The van der Waals surface area contributed by atoms with Crippen molar-refractivity contribution < 1.29 is 23.9 Å². The van der Waals surface area contributed by atoms with Gasteiger partial charge in [-0.05, 0) is 35.7 Å². The van der Waals surface area contributed by atoms with Crippen molar-refractivity contribution in [2.75, 3.05) is 37.7 Å². The van der Waals surface area contributed by atoms with Gasteiger partial charge >= 0.3 is 12.1 Å². The van der Waals surface area contributed by atoms with Crippen molar-refractivity contribution >= 4 is 23.7 Å². The number of piperazine rings is 1. The van der Waals surface area contributed by atoms with Gasteiger partial charge in [0.1, 0.15) is 12.6 Å². The number of hydrogen-bond donors (Lipinski definition) is 1. The number of rotatable bonds is 9. The Bertz CT molecular complexity index is 1190. The molecule has 0 spiro atoms. The summed E-state index contributed by atoms with van der Waals surface area (Å²) in [7, 11) is 0. The van der Waals surface area contributed by atoms with Crippen molar-refractivity contribution in [3.8, 4) is 0 Å². The lowest BCUT2D eigenvalue weighted by Gasteiger charge is -2.37. The number of nitrogens with one attached hydrogen (secondary N) is 1. The Morgan fingerprint density at radius 2 is 1.42 bits per heavy atom. The third-order valence-electron chi connectivity index (χ3n) is 6.40. The number of ether oxygens (including phenoxy) is 2. The first-order chi connectivity index (χ1) is 18.5. The fourth-order valence-electron chi connectivity index (χ4n) is 4.39. The second-order valence-electron chi connectivity index (χ2n) is 9.01. The summed E-state index contributed by atoms with van der Waals surface area (Å²) in [5.74, 6) is -0.407. The predicted molar refractivity (Wildman–Crippen MR) is 145 cm³/mol. The van der Waals surface area contributed by atoms with Gasteiger partial charge in [0, 0.05) is 31.9 Å². The standard InChI is InChI=1S/C30H33N3O5/c1-2-37-27(34)21-23-13-15-26(16-14-23)32-17-19-33(20-18-32)29(35)28(25-11-7-4-8-12-25)31-30(36)38-22-24-9-5-3-6-10-24/h3-16,28H,2,17-22H2,1H3,(H,31,36)/t28-/m1/s1. The summed E-state index contributed by atoms with van der Waals surface area (Å²) in [6.07, 6.45) is -0.393. The molecule has 4 rings (SSSR count). The molecule has 1 N–H and O–H groups in total. The molecule has 1 aliphatic rings. The summed E-state index contributed by atoms with van der Waals surface area (Å²) < 4.78 is 10.4. The number of esters is 1. The topological polar surface area (TPSA) is 88.2 Å². The Morgan fingerprint density at radius 3 is 2.05 bits per heavy atom. The summed E-state index contributed by atoms with van der Waals surface area (Å²) in [6.45, 7) is 4.64. The Balaban J connectivity index is 1.35. The molecule has 1 heterocycles. The first-order valence-corrected chi connectivity index (χ1v) is 12.8. The van der Waals surface area contributed by atoms with Crippen LogP contribution >= 0.6 is 0 Å². The van der Waals surface area contributed by atoms with Gasteiger partial charge in [-0.2, -0.15) is 0 Å². The van der Waals surface area contributed by atoms with Crippen LogP contribution in [0.4, 0.5) is 10.5 Å². The molecule has 0 saturated carbocycles. The van der Waals surface area contributed by atoms with Crippen molar-refractivity contribution in [3.05, 3.63) is 102 Å². The summed E-state index contributed by atoms with van der Waals surface area (Å²) in [5, 5.41) is 2.77. The molecule has 1 atom stereocenters. The zero-order valence-electron chi connectivity index (χ0n) is 21.5. The first kappa shape index (κ1) is 26.7. The number of nitrogens with zero attached hydrogens (tertiary/aromatic N) is 2. The average molecular weight is 516 g/mol. The minimum atomic E-state index is -0.840. The summed E-state index contributed by atoms with van der Waals surface area (Å²) >= 11 is 0. The second kappa shape index (κ2) is 13.3. The molecule has 1 aliphatic heterocycles. The van der Waals surface area contributed by atoms with Gasteiger partial charge in [0.25, 0.3) is 0 Å². The summed E-state index contributed by atoms with van der Waals surface area (Å²) in [4.78, 5) is 41.9. The Kier molecular flexibility index (Phi) is 9.34. The van der Waals surface area contributed by atoms with Crippen LogP contribution in [0.2, 0.25) is 0 Å². The zero-order valence-corrected chi connectivity index (χ0v) is 21.5. The van der Waals surface area contributed by atoms with E-state index in [4.69, 9.17) is 9.47 Å². The first-order valence-electron chi connectivity index (χ1n) is 12.8. The number of benzene rings is 3. The van der Waals surface area contributed by atoms with Crippen molar-refractivity contribution in [1.82, 2.24) is 10.2 Å². The molecule has 198 valence electrons. The molecule has 0 aromatic heterocycles. The third kappa shape index (κ3) is 7.35. The van der Waals surface area contributed by atoms with Gasteiger partial charge in [-0.1, -0.05) is 72.8 Å². The summed E-state index contributed by atoms with van der Waals surface area (Å²) in [6, 6.07) is 25.6. The Hall–Kier alpha value is -4.33. The van der Waals surface area contributed by atoms with Crippen molar-refractivity contribution in [3.63, 3.8) is 0 Å². The number of carbonyl (C=O) groups excluding carboxylic acids is 3. The van der Waals surface area contributed by atoms with Crippen molar-refractivity contribution in [2.24, 2.45) is 0 Å². The molecule has 0 radical (unpaired) electrons. The zero-order chi connectivity index (χ0) is 26.7. The van der Waals surface area contributed by atoms with Gasteiger partial charge in [0.2, 0.25) is 5.91 Å². The number of carbonyl (C=O) groups is 3. The molecule has 0 bridgehead atoms. The van der Waals surface area contributed by atoms with Crippen molar-refractivity contribution in [1.29, 1.82) is 0 Å². The van der Waals surface area contributed by atoms with E-state index in [0.29, 0.717) is 38.3 Å². The molecule has 0 aliphatic carbocycles. The molecule has 38 heavy (non-hydrogen) atoms. The Labute approximate surface area is 223 Å². The third-order valence-corrected chi connectivity index (χ3v) is 6.40. The van der Waals surface area contributed by atoms with Crippen LogP contribution in [0.1, 0.15) is 29.7 Å². The monoisotopic (exact) mass is 515 g/mol. The second-order valence-corrected chi connectivity index (χ2v) is 9.01. The maximum absolute atomic E-state index is 13.5. The van der Waals surface area contributed by atoms with E-state index in [1.54, 1.807) is 11.8 Å².